The van der Waals surface area contributed by atoms with E-state index < -0.39 is 11.8 Å². The number of nitrogens with zero attached hydrogens (tertiary/aromatic N) is 1. The first-order valence-electron chi connectivity index (χ1n) is 4.88. The summed E-state index contributed by atoms with van der Waals surface area (Å²) in [4.78, 5) is 24.1. The molecule has 1 fully saturated rings. The van der Waals surface area contributed by atoms with E-state index in [4.69, 9.17) is 0 Å². The van der Waals surface area contributed by atoms with E-state index in [9.17, 15) is 9.59 Å². The van der Waals surface area contributed by atoms with Crippen molar-refractivity contribution in [2.45, 2.75) is 6.54 Å². The highest BCUT2D eigenvalue weighted by Crippen LogP contribution is 2.06. The molecule has 0 aromatic heterocycles. The first-order valence-corrected chi connectivity index (χ1v) is 4.88. The molecule has 1 aromatic rings. The molecule has 0 unspecified atom stereocenters. The molecule has 2 rings (SSSR count). The van der Waals surface area contributed by atoms with Gasteiger partial charge < -0.3 is 10.2 Å². The lowest BCUT2D eigenvalue weighted by molar-refractivity contribution is -0.148. The van der Waals surface area contributed by atoms with Crippen LogP contribution in [0.1, 0.15) is 5.56 Å². The van der Waals surface area contributed by atoms with Crippen LogP contribution in [0.2, 0.25) is 0 Å². The number of hydrogen-bond donors (Lipinski definition) is 1. The van der Waals surface area contributed by atoms with E-state index in [1.807, 2.05) is 30.3 Å². The van der Waals surface area contributed by atoms with Gasteiger partial charge in [-0.1, -0.05) is 30.3 Å². The second-order valence-electron chi connectivity index (χ2n) is 3.47. The van der Waals surface area contributed by atoms with Crippen molar-refractivity contribution in [2.24, 2.45) is 0 Å². The molecule has 2 amide bonds. The highest BCUT2D eigenvalue weighted by atomic mass is 16.2. The molecule has 78 valence electrons. The Bertz CT molecular complexity index is 375. The highest BCUT2D eigenvalue weighted by Gasteiger charge is 2.25. The highest BCUT2D eigenvalue weighted by molar-refractivity contribution is 6.35. The maximum Gasteiger partial charge on any atom is 0.312 e. The maximum absolute atomic E-state index is 11.4. The normalized spacial score (nSPS) is 16.4. The summed E-state index contributed by atoms with van der Waals surface area (Å²) in [6, 6.07) is 9.65. The predicted octanol–water partition coefficient (Wildman–Crippen LogP) is 0.145. The molecule has 0 atom stereocenters. The Morgan fingerprint density at radius 1 is 1.20 bits per heavy atom. The van der Waals surface area contributed by atoms with Gasteiger partial charge in [-0.2, -0.15) is 0 Å². The molecule has 1 heterocycles. The fourth-order valence-electron chi connectivity index (χ4n) is 1.58. The lowest BCUT2D eigenvalue weighted by Crippen LogP contribution is -2.51. The van der Waals surface area contributed by atoms with E-state index in [2.05, 4.69) is 5.32 Å². The van der Waals surface area contributed by atoms with Gasteiger partial charge in [-0.05, 0) is 5.56 Å². The zero-order valence-corrected chi connectivity index (χ0v) is 8.27. The van der Waals surface area contributed by atoms with Crippen LogP contribution in [0.3, 0.4) is 0 Å². The molecular formula is C11H12N2O2. The molecule has 0 bridgehead atoms. The van der Waals surface area contributed by atoms with Crippen molar-refractivity contribution in [3.05, 3.63) is 35.9 Å². The average Bonchev–Trinajstić information content (AvgIpc) is 2.26. The number of piperazine rings is 1. The van der Waals surface area contributed by atoms with Crippen LogP contribution in [0.25, 0.3) is 0 Å². The van der Waals surface area contributed by atoms with Crippen LogP contribution in [0.4, 0.5) is 0 Å². The topological polar surface area (TPSA) is 49.4 Å². The summed E-state index contributed by atoms with van der Waals surface area (Å²) in [5.41, 5.74) is 1.04. The minimum absolute atomic E-state index is 0.440. The number of nitrogens with one attached hydrogen (secondary N) is 1. The summed E-state index contributed by atoms with van der Waals surface area (Å²) in [5, 5.41) is 2.52. The van der Waals surface area contributed by atoms with Gasteiger partial charge in [0, 0.05) is 19.6 Å². The van der Waals surface area contributed by atoms with Gasteiger partial charge in [0.25, 0.3) is 0 Å². The van der Waals surface area contributed by atoms with Gasteiger partial charge in [0.05, 0.1) is 0 Å². The van der Waals surface area contributed by atoms with Gasteiger partial charge in [-0.3, -0.25) is 9.59 Å². The summed E-state index contributed by atoms with van der Waals surface area (Å²) in [7, 11) is 0. The average molecular weight is 204 g/mol. The molecule has 1 aliphatic rings. The van der Waals surface area contributed by atoms with Crippen LogP contribution in [0, 0.1) is 0 Å². The Morgan fingerprint density at radius 2 is 1.93 bits per heavy atom. The van der Waals surface area contributed by atoms with E-state index in [0.717, 1.165) is 5.56 Å². The molecule has 0 radical (unpaired) electrons. The molecule has 4 nitrogen and oxygen atoms in total. The number of carbonyl (C=O) groups is 2. The van der Waals surface area contributed by atoms with Crippen LogP contribution in [0.5, 0.6) is 0 Å². The molecule has 0 spiro atoms. The summed E-state index contributed by atoms with van der Waals surface area (Å²) in [6.45, 7) is 1.63. The van der Waals surface area contributed by atoms with Crippen molar-refractivity contribution in [3.63, 3.8) is 0 Å². The van der Waals surface area contributed by atoms with Crippen LogP contribution in [-0.4, -0.2) is 29.8 Å². The first kappa shape index (κ1) is 9.71. The van der Waals surface area contributed by atoms with E-state index in [1.54, 1.807) is 4.90 Å². The smallest absolute Gasteiger partial charge is 0.312 e. The molecule has 1 saturated heterocycles. The van der Waals surface area contributed by atoms with Crippen molar-refractivity contribution in [3.8, 4) is 0 Å². The maximum atomic E-state index is 11.4. The summed E-state index contributed by atoms with van der Waals surface area (Å²) in [5.74, 6) is -0.942. The summed E-state index contributed by atoms with van der Waals surface area (Å²) < 4.78 is 0. The minimum atomic E-state index is -0.503. The van der Waals surface area contributed by atoms with Gasteiger partial charge in [0.15, 0.2) is 0 Å². The van der Waals surface area contributed by atoms with Gasteiger partial charge in [-0.25, -0.2) is 0 Å². The van der Waals surface area contributed by atoms with Crippen molar-refractivity contribution in [1.82, 2.24) is 10.2 Å². The number of rotatable bonds is 2. The second kappa shape index (κ2) is 4.13. The quantitative estimate of drug-likeness (QED) is 0.697. The zero-order valence-electron chi connectivity index (χ0n) is 8.27. The summed E-state index contributed by atoms with van der Waals surface area (Å²) >= 11 is 0. The molecule has 0 saturated carbocycles. The van der Waals surface area contributed by atoms with Crippen molar-refractivity contribution in [1.29, 1.82) is 0 Å². The second-order valence-corrected chi connectivity index (χ2v) is 3.47. The van der Waals surface area contributed by atoms with Crippen molar-refractivity contribution < 1.29 is 9.59 Å². The van der Waals surface area contributed by atoms with Crippen molar-refractivity contribution in [2.75, 3.05) is 13.1 Å². The Morgan fingerprint density at radius 3 is 2.67 bits per heavy atom. The SMILES string of the molecule is O=C1NCCN(Cc2ccccc2)C1=O. The standard InChI is InChI=1S/C11H12N2O2/c14-10-11(15)13(7-6-12-10)8-9-4-2-1-3-5-9/h1-5H,6-8H2,(H,12,14). The van der Waals surface area contributed by atoms with Gasteiger partial charge in [-0.15, -0.1) is 0 Å². The molecule has 1 aromatic carbocycles. The van der Waals surface area contributed by atoms with Crippen molar-refractivity contribution >= 4 is 11.8 Å². The largest absolute Gasteiger partial charge is 0.346 e. The van der Waals surface area contributed by atoms with Crippen LogP contribution < -0.4 is 5.32 Å². The van der Waals surface area contributed by atoms with E-state index in [0.29, 0.717) is 19.6 Å². The number of amides is 2. The molecule has 1 aliphatic heterocycles. The fourth-order valence-corrected chi connectivity index (χ4v) is 1.58. The molecule has 1 N–H and O–H groups in total. The van der Waals surface area contributed by atoms with E-state index >= 15 is 0 Å². The molecule has 4 heteroatoms. The molecular weight excluding hydrogens is 192 g/mol. The number of benzene rings is 1. The Kier molecular flexibility index (Phi) is 2.67. The Labute approximate surface area is 87.9 Å². The molecule has 15 heavy (non-hydrogen) atoms. The number of carbonyl (C=O) groups excluding carboxylic acids is 2. The minimum Gasteiger partial charge on any atom is -0.346 e. The summed E-state index contributed by atoms with van der Waals surface area (Å²) in [6.07, 6.45) is 0. The Hall–Kier alpha value is -1.84. The van der Waals surface area contributed by atoms with E-state index in [1.165, 1.54) is 0 Å². The third-order valence-electron chi connectivity index (χ3n) is 2.36. The monoisotopic (exact) mass is 204 g/mol. The van der Waals surface area contributed by atoms with E-state index in [-0.39, 0.29) is 0 Å². The lowest BCUT2D eigenvalue weighted by Gasteiger charge is -2.26. The third-order valence-corrected chi connectivity index (χ3v) is 2.36. The first-order chi connectivity index (χ1) is 7.27. The van der Waals surface area contributed by atoms with Crippen LogP contribution in [0.15, 0.2) is 30.3 Å². The zero-order chi connectivity index (χ0) is 10.7. The van der Waals surface area contributed by atoms with Gasteiger partial charge in [0.2, 0.25) is 0 Å². The third kappa shape index (κ3) is 2.15. The predicted molar refractivity (Wildman–Crippen MR) is 54.9 cm³/mol. The lowest BCUT2D eigenvalue weighted by atomic mass is 10.2. The molecule has 0 aliphatic carbocycles. The Balaban J connectivity index is 2.06. The van der Waals surface area contributed by atoms with Gasteiger partial charge in [0.1, 0.15) is 0 Å². The van der Waals surface area contributed by atoms with Crippen LogP contribution >= 0.6 is 0 Å². The fraction of sp³-hybridized carbons (Fsp3) is 0.273. The number of hydrogen-bond acceptors (Lipinski definition) is 2. The van der Waals surface area contributed by atoms with Gasteiger partial charge >= 0.3 is 11.8 Å². The van der Waals surface area contributed by atoms with Crippen LogP contribution in [-0.2, 0) is 16.1 Å².